The lowest BCUT2D eigenvalue weighted by Gasteiger charge is -1.98. The summed E-state index contributed by atoms with van der Waals surface area (Å²) in [5, 5.41) is 3.16. The van der Waals surface area contributed by atoms with Crippen LogP contribution in [0.4, 0.5) is 13.2 Å². The second-order valence-corrected chi connectivity index (χ2v) is 5.95. The topological polar surface area (TPSA) is 73.1 Å². The maximum absolute atomic E-state index is 12.2. The van der Waals surface area contributed by atoms with E-state index in [4.69, 9.17) is 10.7 Å². The van der Waals surface area contributed by atoms with E-state index >= 15 is 0 Å². The van der Waals surface area contributed by atoms with Gasteiger partial charge in [-0.05, 0) is 24.3 Å². The Kier molecular flexibility index (Phi) is 3.27. The third kappa shape index (κ3) is 3.04. The highest BCUT2D eigenvalue weighted by molar-refractivity contribution is 8.13. The Balaban J connectivity index is 2.36. The maximum Gasteiger partial charge on any atom is 0.471 e. The van der Waals surface area contributed by atoms with Crippen molar-refractivity contribution in [3.63, 3.8) is 0 Å². The fraction of sp³-hybridized carbons (Fsp3) is 0.111. The van der Waals surface area contributed by atoms with Gasteiger partial charge in [-0.15, -0.1) is 0 Å². The Morgan fingerprint density at radius 3 is 2.16 bits per heavy atom. The van der Waals surface area contributed by atoms with Gasteiger partial charge in [-0.3, -0.25) is 0 Å². The number of halogens is 4. The molecule has 0 spiro atoms. The molecule has 0 saturated heterocycles. The zero-order valence-electron chi connectivity index (χ0n) is 8.85. The lowest BCUT2D eigenvalue weighted by molar-refractivity contribution is -0.159. The van der Waals surface area contributed by atoms with Crippen LogP contribution >= 0.6 is 10.7 Å². The standard InChI is InChI=1S/C9H4ClF3N2O3S/c10-19(16,17)6-3-1-5(2-4-6)7-14-8(18-15-7)9(11,12)13/h1-4H. The molecular weight excluding hydrogens is 309 g/mol. The summed E-state index contributed by atoms with van der Waals surface area (Å²) in [6, 6.07) is 4.70. The summed E-state index contributed by atoms with van der Waals surface area (Å²) in [5.41, 5.74) is 0.170. The molecule has 5 nitrogen and oxygen atoms in total. The molecule has 1 aromatic carbocycles. The van der Waals surface area contributed by atoms with Gasteiger partial charge in [0.25, 0.3) is 9.05 Å². The Bertz CT molecular complexity index is 694. The van der Waals surface area contributed by atoms with Crippen LogP contribution in [0.25, 0.3) is 11.4 Å². The highest BCUT2D eigenvalue weighted by Crippen LogP contribution is 2.29. The van der Waals surface area contributed by atoms with E-state index in [0.29, 0.717) is 0 Å². The Morgan fingerprint density at radius 1 is 1.16 bits per heavy atom. The van der Waals surface area contributed by atoms with Gasteiger partial charge in [-0.2, -0.15) is 18.2 Å². The average Bonchev–Trinajstić information content (AvgIpc) is 2.77. The predicted molar refractivity (Wildman–Crippen MR) is 57.8 cm³/mol. The number of hydrogen-bond acceptors (Lipinski definition) is 5. The lowest BCUT2D eigenvalue weighted by Crippen LogP contribution is -2.04. The molecule has 0 fully saturated rings. The van der Waals surface area contributed by atoms with Crippen molar-refractivity contribution in [3.05, 3.63) is 30.2 Å². The third-order valence-electron chi connectivity index (χ3n) is 2.06. The Labute approximate surface area is 109 Å². The van der Waals surface area contributed by atoms with Gasteiger partial charge in [0.1, 0.15) is 0 Å². The maximum atomic E-state index is 12.2. The largest absolute Gasteiger partial charge is 0.471 e. The van der Waals surface area contributed by atoms with Crippen molar-refractivity contribution in [3.8, 4) is 11.4 Å². The van der Waals surface area contributed by atoms with Gasteiger partial charge in [0.2, 0.25) is 5.82 Å². The summed E-state index contributed by atoms with van der Waals surface area (Å²) in [6.45, 7) is 0. The molecule has 2 aromatic rings. The first-order valence-corrected chi connectivity index (χ1v) is 6.95. The van der Waals surface area contributed by atoms with Crippen molar-refractivity contribution in [2.75, 3.05) is 0 Å². The van der Waals surface area contributed by atoms with Gasteiger partial charge in [0.05, 0.1) is 4.90 Å². The van der Waals surface area contributed by atoms with Gasteiger partial charge in [-0.25, -0.2) is 8.42 Å². The molecule has 0 atom stereocenters. The Morgan fingerprint density at radius 2 is 1.74 bits per heavy atom. The van der Waals surface area contributed by atoms with Gasteiger partial charge in [0.15, 0.2) is 0 Å². The molecule has 0 aliphatic heterocycles. The molecule has 2 rings (SSSR count). The summed E-state index contributed by atoms with van der Waals surface area (Å²) < 4.78 is 62.7. The number of rotatable bonds is 2. The molecule has 0 bridgehead atoms. The summed E-state index contributed by atoms with van der Waals surface area (Å²) in [6.07, 6.45) is -4.73. The van der Waals surface area contributed by atoms with E-state index in [0.717, 1.165) is 12.1 Å². The van der Waals surface area contributed by atoms with Crippen LogP contribution in [0, 0.1) is 0 Å². The molecule has 1 aromatic heterocycles. The van der Waals surface area contributed by atoms with Crippen LogP contribution in [0.5, 0.6) is 0 Å². The fourth-order valence-corrected chi connectivity index (χ4v) is 1.99. The minimum absolute atomic E-state index is 0.170. The molecule has 1 heterocycles. The fourth-order valence-electron chi connectivity index (χ4n) is 1.22. The number of benzene rings is 1. The molecule has 0 N–H and O–H groups in total. The van der Waals surface area contributed by atoms with Crippen molar-refractivity contribution >= 4 is 19.7 Å². The first-order chi connectivity index (χ1) is 8.68. The number of hydrogen-bond donors (Lipinski definition) is 0. The molecule has 0 amide bonds. The molecule has 0 unspecified atom stereocenters. The van der Waals surface area contributed by atoms with E-state index < -0.39 is 21.1 Å². The van der Waals surface area contributed by atoms with Gasteiger partial charge in [0, 0.05) is 16.2 Å². The van der Waals surface area contributed by atoms with Gasteiger partial charge < -0.3 is 4.52 Å². The average molecular weight is 313 g/mol. The van der Waals surface area contributed by atoms with E-state index in [1.165, 1.54) is 12.1 Å². The van der Waals surface area contributed by atoms with Crippen LogP contribution in [-0.4, -0.2) is 18.6 Å². The second kappa shape index (κ2) is 4.49. The van der Waals surface area contributed by atoms with E-state index in [1.807, 2.05) is 0 Å². The highest BCUT2D eigenvalue weighted by atomic mass is 35.7. The monoisotopic (exact) mass is 312 g/mol. The second-order valence-electron chi connectivity index (χ2n) is 3.38. The molecule has 0 saturated carbocycles. The van der Waals surface area contributed by atoms with Crippen molar-refractivity contribution < 1.29 is 26.1 Å². The normalized spacial score (nSPS) is 12.6. The van der Waals surface area contributed by atoms with E-state index in [9.17, 15) is 21.6 Å². The third-order valence-corrected chi connectivity index (χ3v) is 3.43. The minimum atomic E-state index is -4.73. The number of nitrogens with zero attached hydrogens (tertiary/aromatic N) is 2. The summed E-state index contributed by atoms with van der Waals surface area (Å²) in [4.78, 5) is 2.98. The first-order valence-electron chi connectivity index (χ1n) is 4.64. The quantitative estimate of drug-likeness (QED) is 0.797. The van der Waals surface area contributed by atoms with Crippen LogP contribution in [-0.2, 0) is 15.2 Å². The van der Waals surface area contributed by atoms with Crippen LogP contribution in [0.1, 0.15) is 5.89 Å². The molecule has 10 heteroatoms. The van der Waals surface area contributed by atoms with Crippen LogP contribution < -0.4 is 0 Å². The van der Waals surface area contributed by atoms with Crippen LogP contribution in [0.2, 0.25) is 0 Å². The highest BCUT2D eigenvalue weighted by Gasteiger charge is 2.38. The van der Waals surface area contributed by atoms with Gasteiger partial charge >= 0.3 is 12.1 Å². The van der Waals surface area contributed by atoms with Crippen LogP contribution in [0.15, 0.2) is 33.7 Å². The predicted octanol–water partition coefficient (Wildman–Crippen LogP) is 2.68. The number of alkyl halides is 3. The molecule has 0 aliphatic carbocycles. The molecule has 0 aliphatic rings. The lowest BCUT2D eigenvalue weighted by atomic mass is 10.2. The van der Waals surface area contributed by atoms with Gasteiger partial charge in [-0.1, -0.05) is 5.16 Å². The van der Waals surface area contributed by atoms with E-state index in [2.05, 4.69) is 14.7 Å². The molecule has 19 heavy (non-hydrogen) atoms. The van der Waals surface area contributed by atoms with Crippen molar-refractivity contribution in [1.29, 1.82) is 0 Å². The zero-order chi connectivity index (χ0) is 14.3. The summed E-state index contributed by atoms with van der Waals surface area (Å²) in [7, 11) is 1.20. The number of aromatic nitrogens is 2. The first kappa shape index (κ1) is 13.8. The minimum Gasteiger partial charge on any atom is -0.329 e. The molecule has 0 radical (unpaired) electrons. The van der Waals surface area contributed by atoms with E-state index in [-0.39, 0.29) is 16.3 Å². The van der Waals surface area contributed by atoms with Crippen LogP contribution in [0.3, 0.4) is 0 Å². The van der Waals surface area contributed by atoms with Crippen molar-refractivity contribution in [1.82, 2.24) is 10.1 Å². The Hall–Kier alpha value is -1.61. The summed E-state index contributed by atoms with van der Waals surface area (Å²) >= 11 is 0. The molecule has 102 valence electrons. The zero-order valence-corrected chi connectivity index (χ0v) is 10.4. The van der Waals surface area contributed by atoms with E-state index in [1.54, 1.807) is 0 Å². The molecular formula is C9H4ClF3N2O3S. The van der Waals surface area contributed by atoms with Crippen molar-refractivity contribution in [2.45, 2.75) is 11.1 Å². The van der Waals surface area contributed by atoms with Crippen molar-refractivity contribution in [2.24, 2.45) is 0 Å². The summed E-state index contributed by atoms with van der Waals surface area (Å²) in [5.74, 6) is -1.78. The SMILES string of the molecule is O=S(=O)(Cl)c1ccc(-c2noc(C(F)(F)F)n2)cc1. The smallest absolute Gasteiger partial charge is 0.329 e.